The van der Waals surface area contributed by atoms with E-state index in [1.54, 1.807) is 0 Å². The van der Waals surface area contributed by atoms with Crippen molar-refractivity contribution in [2.45, 2.75) is 13.1 Å². The lowest BCUT2D eigenvalue weighted by atomic mass is 10.1. The van der Waals surface area contributed by atoms with Crippen LogP contribution in [0.15, 0.2) is 48.5 Å². The minimum atomic E-state index is -0.278. The predicted octanol–water partition coefficient (Wildman–Crippen LogP) is 2.94. The van der Waals surface area contributed by atoms with Crippen LogP contribution in [0.4, 0.5) is 5.69 Å². The lowest BCUT2D eigenvalue weighted by Gasteiger charge is -2.29. The van der Waals surface area contributed by atoms with Gasteiger partial charge in [0.1, 0.15) is 11.9 Å². The van der Waals surface area contributed by atoms with Crippen molar-refractivity contribution in [2.24, 2.45) is 0 Å². The Morgan fingerprint density at radius 2 is 1.80 bits per heavy atom. The molecule has 1 amide bonds. The Kier molecular flexibility index (Phi) is 3.29. The molecule has 1 aliphatic rings. The SMILES string of the molecule is CCOc1ccccc1[C@H]1NC(=O)c2ccccc2N1. The smallest absolute Gasteiger partial charge is 0.255 e. The first-order valence-corrected chi connectivity index (χ1v) is 6.67. The number of hydrogen-bond acceptors (Lipinski definition) is 3. The molecule has 1 atom stereocenters. The molecule has 4 heteroatoms. The molecule has 20 heavy (non-hydrogen) atoms. The Balaban J connectivity index is 1.96. The fourth-order valence-corrected chi connectivity index (χ4v) is 2.37. The summed E-state index contributed by atoms with van der Waals surface area (Å²) < 4.78 is 5.62. The first-order chi connectivity index (χ1) is 9.79. The summed E-state index contributed by atoms with van der Waals surface area (Å²) in [5.41, 5.74) is 2.43. The lowest BCUT2D eigenvalue weighted by molar-refractivity contribution is 0.0935. The molecule has 1 heterocycles. The summed E-state index contributed by atoms with van der Waals surface area (Å²) in [5.74, 6) is 0.711. The monoisotopic (exact) mass is 268 g/mol. The maximum absolute atomic E-state index is 12.1. The zero-order chi connectivity index (χ0) is 13.9. The molecule has 2 aromatic carbocycles. The molecule has 0 fully saturated rings. The van der Waals surface area contributed by atoms with Gasteiger partial charge in [-0.2, -0.15) is 0 Å². The fourth-order valence-electron chi connectivity index (χ4n) is 2.37. The van der Waals surface area contributed by atoms with E-state index in [2.05, 4.69) is 10.6 Å². The quantitative estimate of drug-likeness (QED) is 0.899. The number of fused-ring (bicyclic) bond motifs is 1. The van der Waals surface area contributed by atoms with Crippen molar-refractivity contribution in [1.82, 2.24) is 5.32 Å². The van der Waals surface area contributed by atoms with Gasteiger partial charge in [0, 0.05) is 11.3 Å². The van der Waals surface area contributed by atoms with Crippen LogP contribution < -0.4 is 15.4 Å². The Morgan fingerprint density at radius 1 is 1.05 bits per heavy atom. The van der Waals surface area contributed by atoms with Crippen LogP contribution in [0.3, 0.4) is 0 Å². The van der Waals surface area contributed by atoms with Crippen molar-refractivity contribution in [3.63, 3.8) is 0 Å². The summed E-state index contributed by atoms with van der Waals surface area (Å²) in [6.07, 6.45) is -0.278. The van der Waals surface area contributed by atoms with Gasteiger partial charge in [-0.1, -0.05) is 30.3 Å². The highest BCUT2D eigenvalue weighted by Gasteiger charge is 2.25. The lowest BCUT2D eigenvalue weighted by Crippen LogP contribution is -2.38. The van der Waals surface area contributed by atoms with Crippen molar-refractivity contribution >= 4 is 11.6 Å². The molecule has 0 unspecified atom stereocenters. The summed E-state index contributed by atoms with van der Waals surface area (Å²) in [6.45, 7) is 2.53. The Morgan fingerprint density at radius 3 is 2.65 bits per heavy atom. The van der Waals surface area contributed by atoms with E-state index in [0.29, 0.717) is 12.2 Å². The number of para-hydroxylation sites is 2. The van der Waals surface area contributed by atoms with Gasteiger partial charge >= 0.3 is 0 Å². The molecule has 1 aliphatic heterocycles. The predicted molar refractivity (Wildman–Crippen MR) is 77.9 cm³/mol. The number of anilines is 1. The highest BCUT2D eigenvalue weighted by Crippen LogP contribution is 2.30. The summed E-state index contributed by atoms with van der Waals surface area (Å²) in [5, 5.41) is 6.29. The van der Waals surface area contributed by atoms with E-state index in [0.717, 1.165) is 17.0 Å². The highest BCUT2D eigenvalue weighted by atomic mass is 16.5. The number of rotatable bonds is 3. The van der Waals surface area contributed by atoms with Crippen LogP contribution in [-0.2, 0) is 0 Å². The van der Waals surface area contributed by atoms with Crippen LogP contribution in [0.5, 0.6) is 5.75 Å². The van der Waals surface area contributed by atoms with Crippen molar-refractivity contribution in [2.75, 3.05) is 11.9 Å². The second-order valence-corrected chi connectivity index (χ2v) is 4.57. The van der Waals surface area contributed by atoms with E-state index >= 15 is 0 Å². The van der Waals surface area contributed by atoms with Gasteiger partial charge in [0.25, 0.3) is 5.91 Å². The third-order valence-electron chi connectivity index (χ3n) is 3.28. The third kappa shape index (κ3) is 2.20. The number of nitrogens with one attached hydrogen (secondary N) is 2. The summed E-state index contributed by atoms with van der Waals surface area (Å²) in [7, 11) is 0. The van der Waals surface area contributed by atoms with Crippen LogP contribution in [-0.4, -0.2) is 12.5 Å². The standard InChI is InChI=1S/C16H16N2O2/c1-2-20-14-10-6-4-8-12(14)15-17-13-9-5-3-7-11(13)16(19)18-15/h3-10,15,17H,2H2,1H3,(H,18,19)/t15-/m1/s1. The number of carbonyl (C=O) groups excluding carboxylic acids is 1. The molecule has 2 aromatic rings. The molecule has 2 N–H and O–H groups in total. The van der Waals surface area contributed by atoms with Gasteiger partial charge in [0.15, 0.2) is 0 Å². The molecular formula is C16H16N2O2. The van der Waals surface area contributed by atoms with Gasteiger partial charge in [-0.3, -0.25) is 4.79 Å². The van der Waals surface area contributed by atoms with Crippen molar-refractivity contribution in [3.8, 4) is 5.75 Å². The molecule has 0 saturated carbocycles. The van der Waals surface area contributed by atoms with Gasteiger partial charge in [-0.25, -0.2) is 0 Å². The molecule has 4 nitrogen and oxygen atoms in total. The molecule has 0 aromatic heterocycles. The summed E-state index contributed by atoms with van der Waals surface area (Å²) in [4.78, 5) is 12.1. The maximum atomic E-state index is 12.1. The van der Waals surface area contributed by atoms with Crippen LogP contribution >= 0.6 is 0 Å². The molecular weight excluding hydrogens is 252 g/mol. The van der Waals surface area contributed by atoms with Gasteiger partial charge in [0.2, 0.25) is 0 Å². The first-order valence-electron chi connectivity index (χ1n) is 6.67. The van der Waals surface area contributed by atoms with E-state index < -0.39 is 0 Å². The maximum Gasteiger partial charge on any atom is 0.255 e. The largest absolute Gasteiger partial charge is 0.493 e. The van der Waals surface area contributed by atoms with Crippen LogP contribution in [0.25, 0.3) is 0 Å². The number of benzene rings is 2. The number of amides is 1. The van der Waals surface area contributed by atoms with Crippen molar-refractivity contribution < 1.29 is 9.53 Å². The van der Waals surface area contributed by atoms with E-state index in [-0.39, 0.29) is 12.1 Å². The summed E-state index contributed by atoms with van der Waals surface area (Å²) in [6, 6.07) is 15.2. The van der Waals surface area contributed by atoms with Crippen LogP contribution in [0.2, 0.25) is 0 Å². The van der Waals surface area contributed by atoms with Crippen LogP contribution in [0.1, 0.15) is 29.0 Å². The Bertz CT molecular complexity index is 640. The van der Waals surface area contributed by atoms with E-state index in [9.17, 15) is 4.79 Å². The van der Waals surface area contributed by atoms with Crippen molar-refractivity contribution in [3.05, 3.63) is 59.7 Å². The minimum absolute atomic E-state index is 0.0735. The molecule has 0 aliphatic carbocycles. The number of hydrogen-bond donors (Lipinski definition) is 2. The molecule has 0 bridgehead atoms. The molecule has 0 radical (unpaired) electrons. The van der Waals surface area contributed by atoms with Crippen molar-refractivity contribution in [1.29, 1.82) is 0 Å². The topological polar surface area (TPSA) is 50.4 Å². The molecule has 3 rings (SSSR count). The average Bonchev–Trinajstić information content (AvgIpc) is 2.48. The fraction of sp³-hybridized carbons (Fsp3) is 0.188. The van der Waals surface area contributed by atoms with E-state index in [4.69, 9.17) is 4.74 Å². The Hall–Kier alpha value is -2.49. The van der Waals surface area contributed by atoms with Gasteiger partial charge in [-0.15, -0.1) is 0 Å². The first kappa shape index (κ1) is 12.5. The second kappa shape index (κ2) is 5.25. The van der Waals surface area contributed by atoms with E-state index in [1.807, 2.05) is 55.5 Å². The van der Waals surface area contributed by atoms with Crippen LogP contribution in [0, 0.1) is 0 Å². The molecule has 0 spiro atoms. The zero-order valence-electron chi connectivity index (χ0n) is 11.2. The van der Waals surface area contributed by atoms with Gasteiger partial charge in [0.05, 0.1) is 12.2 Å². The average molecular weight is 268 g/mol. The molecule has 102 valence electrons. The van der Waals surface area contributed by atoms with E-state index in [1.165, 1.54) is 0 Å². The minimum Gasteiger partial charge on any atom is -0.493 e. The summed E-state index contributed by atoms with van der Waals surface area (Å²) >= 11 is 0. The van der Waals surface area contributed by atoms with Gasteiger partial charge in [-0.05, 0) is 25.1 Å². The zero-order valence-corrected chi connectivity index (χ0v) is 11.2. The van der Waals surface area contributed by atoms with Gasteiger partial charge < -0.3 is 15.4 Å². The number of ether oxygens (including phenoxy) is 1. The number of carbonyl (C=O) groups is 1. The molecule has 0 saturated heterocycles. The Labute approximate surface area is 117 Å². The second-order valence-electron chi connectivity index (χ2n) is 4.57. The third-order valence-corrected chi connectivity index (χ3v) is 3.28. The highest BCUT2D eigenvalue weighted by molar-refractivity contribution is 6.01. The normalized spacial score (nSPS) is 16.9.